The van der Waals surface area contributed by atoms with Crippen LogP contribution in [0.1, 0.15) is 39.0 Å². The average molecular weight is 229 g/mol. The Morgan fingerprint density at radius 1 is 1.56 bits per heavy atom. The minimum Gasteiger partial charge on any atom is -0.468 e. The third-order valence-electron chi connectivity index (χ3n) is 3.08. The van der Waals surface area contributed by atoms with Gasteiger partial charge in [-0.1, -0.05) is 19.8 Å². The first-order valence-corrected chi connectivity index (χ1v) is 6.19. The number of hydrogen-bond acceptors (Lipinski definition) is 4. The molecule has 1 aliphatic carbocycles. The molecule has 1 N–H and O–H groups in total. The molecule has 0 aromatic rings. The Morgan fingerprint density at radius 2 is 2.25 bits per heavy atom. The summed E-state index contributed by atoms with van der Waals surface area (Å²) in [5.41, 5.74) is 0. The highest BCUT2D eigenvalue weighted by atomic mass is 16.5. The van der Waals surface area contributed by atoms with Crippen LogP contribution in [-0.4, -0.2) is 48.3 Å². The van der Waals surface area contributed by atoms with Gasteiger partial charge in [0.1, 0.15) is 6.04 Å². The molecule has 4 heteroatoms. The van der Waals surface area contributed by atoms with Crippen molar-refractivity contribution in [2.45, 2.75) is 51.1 Å². The molecular weight excluding hydrogens is 206 g/mol. The number of aliphatic hydroxyl groups is 1. The molecule has 0 saturated heterocycles. The van der Waals surface area contributed by atoms with E-state index in [2.05, 4.69) is 11.8 Å². The summed E-state index contributed by atoms with van der Waals surface area (Å²) >= 11 is 0. The second kappa shape index (κ2) is 6.86. The summed E-state index contributed by atoms with van der Waals surface area (Å²) in [5, 5.41) is 9.05. The predicted molar refractivity (Wildman–Crippen MR) is 62.1 cm³/mol. The van der Waals surface area contributed by atoms with Crippen molar-refractivity contribution in [3.8, 4) is 0 Å². The van der Waals surface area contributed by atoms with Crippen LogP contribution in [0.5, 0.6) is 0 Å². The maximum Gasteiger partial charge on any atom is 0.323 e. The standard InChI is InChI=1S/C12H23NO3/c1-3-4-5-11(12(15)16-2)13(8-9-14)10-6-7-10/h10-11,14H,3-9H2,1-2H3. The van der Waals surface area contributed by atoms with E-state index in [9.17, 15) is 4.79 Å². The Hall–Kier alpha value is -0.610. The van der Waals surface area contributed by atoms with Gasteiger partial charge in [0.2, 0.25) is 0 Å². The number of nitrogens with zero attached hydrogens (tertiary/aromatic N) is 1. The van der Waals surface area contributed by atoms with Gasteiger partial charge in [-0.3, -0.25) is 9.69 Å². The fraction of sp³-hybridized carbons (Fsp3) is 0.917. The van der Waals surface area contributed by atoms with Crippen molar-refractivity contribution in [2.75, 3.05) is 20.3 Å². The van der Waals surface area contributed by atoms with Crippen LogP contribution in [0.4, 0.5) is 0 Å². The highest BCUT2D eigenvalue weighted by Crippen LogP contribution is 2.30. The van der Waals surface area contributed by atoms with Crippen LogP contribution < -0.4 is 0 Å². The smallest absolute Gasteiger partial charge is 0.323 e. The summed E-state index contributed by atoms with van der Waals surface area (Å²) in [6, 6.07) is 0.317. The lowest BCUT2D eigenvalue weighted by Crippen LogP contribution is -2.44. The molecule has 0 bridgehead atoms. The van der Waals surface area contributed by atoms with E-state index in [1.54, 1.807) is 0 Å². The van der Waals surface area contributed by atoms with Gasteiger partial charge >= 0.3 is 5.97 Å². The van der Waals surface area contributed by atoms with Crippen LogP contribution in [-0.2, 0) is 9.53 Å². The first kappa shape index (κ1) is 13.5. The van der Waals surface area contributed by atoms with E-state index in [4.69, 9.17) is 9.84 Å². The molecule has 0 heterocycles. The van der Waals surface area contributed by atoms with Crippen LogP contribution in [0.3, 0.4) is 0 Å². The number of aliphatic hydroxyl groups excluding tert-OH is 1. The van der Waals surface area contributed by atoms with Gasteiger partial charge in [-0.05, 0) is 19.3 Å². The lowest BCUT2D eigenvalue weighted by Gasteiger charge is -2.29. The van der Waals surface area contributed by atoms with Crippen molar-refractivity contribution in [1.29, 1.82) is 0 Å². The van der Waals surface area contributed by atoms with Gasteiger partial charge in [-0.15, -0.1) is 0 Å². The first-order valence-electron chi connectivity index (χ1n) is 6.19. The fourth-order valence-corrected chi connectivity index (χ4v) is 2.07. The van der Waals surface area contributed by atoms with Crippen molar-refractivity contribution < 1.29 is 14.6 Å². The molecule has 0 aromatic carbocycles. The van der Waals surface area contributed by atoms with E-state index in [0.717, 1.165) is 32.1 Å². The highest BCUT2D eigenvalue weighted by Gasteiger charge is 2.36. The topological polar surface area (TPSA) is 49.8 Å². The summed E-state index contributed by atoms with van der Waals surface area (Å²) in [5.74, 6) is -0.159. The Balaban J connectivity index is 2.58. The molecule has 0 amide bonds. The minimum atomic E-state index is -0.162. The lowest BCUT2D eigenvalue weighted by molar-refractivity contribution is -0.147. The number of esters is 1. The van der Waals surface area contributed by atoms with E-state index >= 15 is 0 Å². The molecule has 1 rings (SSSR count). The van der Waals surface area contributed by atoms with Gasteiger partial charge in [0.05, 0.1) is 13.7 Å². The monoisotopic (exact) mass is 229 g/mol. The number of unbranched alkanes of at least 4 members (excludes halogenated alkanes) is 1. The zero-order valence-electron chi connectivity index (χ0n) is 10.3. The van der Waals surface area contributed by atoms with Crippen molar-refractivity contribution in [2.24, 2.45) is 0 Å². The Bertz CT molecular complexity index is 216. The molecule has 0 radical (unpaired) electrons. The molecule has 1 unspecified atom stereocenters. The molecule has 94 valence electrons. The Kier molecular flexibility index (Phi) is 5.77. The molecule has 1 aliphatic rings. The van der Waals surface area contributed by atoms with Gasteiger partial charge in [0.15, 0.2) is 0 Å². The third-order valence-corrected chi connectivity index (χ3v) is 3.08. The number of rotatable bonds is 8. The minimum absolute atomic E-state index is 0.107. The quantitative estimate of drug-likeness (QED) is 0.635. The maximum atomic E-state index is 11.7. The van der Waals surface area contributed by atoms with Crippen molar-refractivity contribution in [3.63, 3.8) is 0 Å². The van der Waals surface area contributed by atoms with E-state index in [1.165, 1.54) is 7.11 Å². The number of carbonyl (C=O) groups is 1. The highest BCUT2D eigenvalue weighted by molar-refractivity contribution is 5.75. The van der Waals surface area contributed by atoms with Crippen LogP contribution >= 0.6 is 0 Å². The molecule has 0 aliphatic heterocycles. The van der Waals surface area contributed by atoms with Crippen molar-refractivity contribution in [3.05, 3.63) is 0 Å². The van der Waals surface area contributed by atoms with Crippen molar-refractivity contribution >= 4 is 5.97 Å². The second-order valence-corrected chi connectivity index (χ2v) is 4.37. The van der Waals surface area contributed by atoms with E-state index in [0.29, 0.717) is 12.6 Å². The van der Waals surface area contributed by atoms with E-state index in [-0.39, 0.29) is 18.6 Å². The largest absolute Gasteiger partial charge is 0.468 e. The molecule has 1 fully saturated rings. The van der Waals surface area contributed by atoms with E-state index < -0.39 is 0 Å². The summed E-state index contributed by atoms with van der Waals surface area (Å²) in [4.78, 5) is 13.8. The van der Waals surface area contributed by atoms with Gasteiger partial charge in [0.25, 0.3) is 0 Å². The molecule has 4 nitrogen and oxygen atoms in total. The van der Waals surface area contributed by atoms with Crippen LogP contribution in [0, 0.1) is 0 Å². The Morgan fingerprint density at radius 3 is 2.69 bits per heavy atom. The molecular formula is C12H23NO3. The normalized spacial score (nSPS) is 17.5. The van der Waals surface area contributed by atoms with E-state index in [1.807, 2.05) is 0 Å². The number of carbonyl (C=O) groups excluding carboxylic acids is 1. The van der Waals surface area contributed by atoms with Crippen LogP contribution in [0.15, 0.2) is 0 Å². The van der Waals surface area contributed by atoms with Gasteiger partial charge in [-0.2, -0.15) is 0 Å². The third kappa shape index (κ3) is 3.76. The zero-order valence-corrected chi connectivity index (χ0v) is 10.3. The Labute approximate surface area is 97.6 Å². The fourth-order valence-electron chi connectivity index (χ4n) is 2.07. The van der Waals surface area contributed by atoms with Gasteiger partial charge in [0, 0.05) is 12.6 Å². The van der Waals surface area contributed by atoms with Gasteiger partial charge in [-0.25, -0.2) is 0 Å². The summed E-state index contributed by atoms with van der Waals surface area (Å²) in [7, 11) is 1.44. The van der Waals surface area contributed by atoms with Gasteiger partial charge < -0.3 is 9.84 Å². The summed E-state index contributed by atoms with van der Waals surface area (Å²) < 4.78 is 4.85. The molecule has 0 aromatic heterocycles. The maximum absolute atomic E-state index is 11.7. The predicted octanol–water partition coefficient (Wildman–Crippen LogP) is 1.17. The summed E-state index contributed by atoms with van der Waals surface area (Å²) in [6.07, 6.45) is 5.21. The number of ether oxygens (including phenoxy) is 1. The van der Waals surface area contributed by atoms with Crippen molar-refractivity contribution in [1.82, 2.24) is 4.90 Å². The number of hydrogen-bond donors (Lipinski definition) is 1. The molecule has 16 heavy (non-hydrogen) atoms. The van der Waals surface area contributed by atoms with Crippen LogP contribution in [0.25, 0.3) is 0 Å². The van der Waals surface area contributed by atoms with Crippen LogP contribution in [0.2, 0.25) is 0 Å². The second-order valence-electron chi connectivity index (χ2n) is 4.37. The number of methoxy groups -OCH3 is 1. The molecule has 0 spiro atoms. The molecule has 1 atom stereocenters. The molecule has 1 saturated carbocycles. The first-order chi connectivity index (χ1) is 7.74. The lowest BCUT2D eigenvalue weighted by atomic mass is 10.1. The SMILES string of the molecule is CCCCC(C(=O)OC)N(CCO)C1CC1. The summed E-state index contributed by atoms with van der Waals surface area (Å²) in [6.45, 7) is 2.80. The average Bonchev–Trinajstić information content (AvgIpc) is 3.11. The zero-order chi connectivity index (χ0) is 12.0.